The van der Waals surface area contributed by atoms with Crippen LogP contribution >= 0.6 is 0 Å². The smallest absolute Gasteiger partial charge is 0.242 e. The molecule has 8 heteroatoms. The minimum Gasteiger partial charge on any atom is -0.385 e. The molecule has 0 aliphatic rings. The minimum atomic E-state index is -3.37. The summed E-state index contributed by atoms with van der Waals surface area (Å²) < 4.78 is 25.3. The van der Waals surface area contributed by atoms with Gasteiger partial charge in [-0.2, -0.15) is 15.0 Å². The monoisotopic (exact) mass is 371 g/mol. The highest BCUT2D eigenvalue weighted by Gasteiger charge is 2.16. The highest BCUT2D eigenvalue weighted by atomic mass is 32.2. The lowest BCUT2D eigenvalue weighted by molar-refractivity contribution is 0.520. The second-order valence-electron chi connectivity index (χ2n) is 5.97. The summed E-state index contributed by atoms with van der Waals surface area (Å²) >= 11 is 0. The Balaban J connectivity index is 1.55. The molecule has 136 valence electrons. The van der Waals surface area contributed by atoms with Gasteiger partial charge in [-0.15, -0.1) is 0 Å². The van der Waals surface area contributed by atoms with Crippen molar-refractivity contribution < 1.29 is 8.42 Å². The van der Waals surface area contributed by atoms with Gasteiger partial charge in [0.1, 0.15) is 0 Å². The first-order valence-electron chi connectivity index (χ1n) is 8.19. The average molecular weight is 371 g/mol. The molecule has 3 aromatic rings. The standard InChI is InChI=1S/C18H21N5O2S/c1-22(2)26(24,25)18-9-3-15(4-10-18)11-12-19-16-5-7-17(8-6-16)23-20-13-14-21-23/h3-10,13-14,19H,11-12H2,1-2H3. The average Bonchev–Trinajstić information content (AvgIpc) is 3.17. The second-order valence-corrected chi connectivity index (χ2v) is 8.13. The van der Waals surface area contributed by atoms with Crippen LogP contribution in [-0.2, 0) is 16.4 Å². The van der Waals surface area contributed by atoms with Gasteiger partial charge >= 0.3 is 0 Å². The molecule has 0 spiro atoms. The number of rotatable bonds is 7. The molecule has 0 radical (unpaired) electrons. The van der Waals surface area contributed by atoms with E-state index in [2.05, 4.69) is 15.5 Å². The highest BCUT2D eigenvalue weighted by Crippen LogP contribution is 2.15. The van der Waals surface area contributed by atoms with Crippen LogP contribution < -0.4 is 5.32 Å². The zero-order valence-corrected chi connectivity index (χ0v) is 15.5. The van der Waals surface area contributed by atoms with Crippen LogP contribution in [0.25, 0.3) is 5.69 Å². The quantitative estimate of drug-likeness (QED) is 0.688. The zero-order valence-electron chi connectivity index (χ0n) is 14.7. The predicted octanol–water partition coefficient (Wildman–Crippen LogP) is 2.17. The number of nitrogens with zero attached hydrogens (tertiary/aromatic N) is 4. The summed E-state index contributed by atoms with van der Waals surface area (Å²) in [6.45, 7) is 0.749. The first-order valence-corrected chi connectivity index (χ1v) is 9.63. The van der Waals surface area contributed by atoms with E-state index in [-0.39, 0.29) is 0 Å². The van der Waals surface area contributed by atoms with Gasteiger partial charge in [-0.05, 0) is 48.4 Å². The van der Waals surface area contributed by atoms with Gasteiger partial charge in [-0.25, -0.2) is 12.7 Å². The van der Waals surface area contributed by atoms with Gasteiger partial charge in [-0.3, -0.25) is 0 Å². The third-order valence-corrected chi connectivity index (χ3v) is 5.79. The maximum atomic E-state index is 12.1. The largest absolute Gasteiger partial charge is 0.385 e. The maximum Gasteiger partial charge on any atom is 0.242 e. The van der Waals surface area contributed by atoms with Crippen molar-refractivity contribution in [1.82, 2.24) is 19.3 Å². The van der Waals surface area contributed by atoms with Gasteiger partial charge in [0.2, 0.25) is 10.0 Å². The van der Waals surface area contributed by atoms with Gasteiger partial charge in [0, 0.05) is 26.3 Å². The normalized spacial score (nSPS) is 11.7. The zero-order chi connectivity index (χ0) is 18.6. The Morgan fingerprint density at radius 2 is 1.58 bits per heavy atom. The van der Waals surface area contributed by atoms with E-state index in [4.69, 9.17) is 0 Å². The van der Waals surface area contributed by atoms with Crippen molar-refractivity contribution in [2.75, 3.05) is 26.0 Å². The molecule has 1 heterocycles. The van der Waals surface area contributed by atoms with Crippen LogP contribution in [0, 0.1) is 0 Å². The van der Waals surface area contributed by atoms with Crippen molar-refractivity contribution in [3.8, 4) is 5.69 Å². The fourth-order valence-electron chi connectivity index (χ4n) is 2.45. The SMILES string of the molecule is CN(C)S(=O)(=O)c1ccc(CCNc2ccc(-n3nccn3)cc2)cc1. The molecule has 26 heavy (non-hydrogen) atoms. The lowest BCUT2D eigenvalue weighted by atomic mass is 10.1. The van der Waals surface area contributed by atoms with Gasteiger partial charge in [-0.1, -0.05) is 12.1 Å². The Hall–Kier alpha value is -2.71. The third kappa shape index (κ3) is 4.09. The summed E-state index contributed by atoms with van der Waals surface area (Å²) in [5, 5.41) is 11.5. The van der Waals surface area contributed by atoms with Crippen LogP contribution in [0.4, 0.5) is 5.69 Å². The Morgan fingerprint density at radius 1 is 0.962 bits per heavy atom. The van der Waals surface area contributed by atoms with Crippen molar-refractivity contribution >= 4 is 15.7 Å². The lowest BCUT2D eigenvalue weighted by Gasteiger charge is -2.12. The predicted molar refractivity (Wildman–Crippen MR) is 101 cm³/mol. The van der Waals surface area contributed by atoms with Crippen LogP contribution in [0.1, 0.15) is 5.56 Å². The number of hydrogen-bond donors (Lipinski definition) is 1. The minimum absolute atomic E-state index is 0.307. The molecule has 3 rings (SSSR count). The van der Waals surface area contributed by atoms with Crippen molar-refractivity contribution in [3.05, 3.63) is 66.5 Å². The Labute approximate surface area is 153 Å². The van der Waals surface area contributed by atoms with E-state index in [1.54, 1.807) is 29.3 Å². The molecular formula is C18H21N5O2S. The third-order valence-electron chi connectivity index (χ3n) is 3.96. The molecule has 0 saturated heterocycles. The molecule has 2 aromatic carbocycles. The first kappa shape index (κ1) is 18.1. The molecule has 0 fully saturated rings. The summed E-state index contributed by atoms with van der Waals surface area (Å²) in [6.07, 6.45) is 4.08. The fraction of sp³-hybridized carbons (Fsp3) is 0.222. The summed E-state index contributed by atoms with van der Waals surface area (Å²) in [6, 6.07) is 14.9. The molecule has 0 atom stereocenters. The van der Waals surface area contributed by atoms with E-state index in [0.29, 0.717) is 4.90 Å². The van der Waals surface area contributed by atoms with E-state index in [1.807, 2.05) is 36.4 Å². The topological polar surface area (TPSA) is 80.1 Å². The van der Waals surface area contributed by atoms with E-state index >= 15 is 0 Å². The Kier molecular flexibility index (Phi) is 5.34. The number of benzene rings is 2. The number of hydrogen-bond acceptors (Lipinski definition) is 5. The van der Waals surface area contributed by atoms with E-state index in [1.165, 1.54) is 18.4 Å². The lowest BCUT2D eigenvalue weighted by Crippen LogP contribution is -2.22. The van der Waals surface area contributed by atoms with Gasteiger partial charge in [0.25, 0.3) is 0 Å². The highest BCUT2D eigenvalue weighted by molar-refractivity contribution is 7.89. The van der Waals surface area contributed by atoms with Gasteiger partial charge < -0.3 is 5.32 Å². The Morgan fingerprint density at radius 3 is 2.15 bits per heavy atom. The van der Waals surface area contributed by atoms with Crippen LogP contribution in [0.3, 0.4) is 0 Å². The summed E-state index contributed by atoms with van der Waals surface area (Å²) in [7, 11) is -0.317. The maximum absolute atomic E-state index is 12.1. The van der Waals surface area contributed by atoms with Crippen LogP contribution in [0.5, 0.6) is 0 Å². The van der Waals surface area contributed by atoms with Crippen molar-refractivity contribution in [2.45, 2.75) is 11.3 Å². The molecule has 7 nitrogen and oxygen atoms in total. The van der Waals surface area contributed by atoms with E-state index in [0.717, 1.165) is 29.9 Å². The molecule has 0 unspecified atom stereocenters. The molecule has 0 aliphatic heterocycles. The fourth-order valence-corrected chi connectivity index (χ4v) is 3.35. The first-order chi connectivity index (χ1) is 12.5. The van der Waals surface area contributed by atoms with Crippen LogP contribution in [0.15, 0.2) is 65.8 Å². The number of aromatic nitrogens is 3. The van der Waals surface area contributed by atoms with Crippen LogP contribution in [-0.4, -0.2) is 48.4 Å². The molecule has 0 saturated carbocycles. The molecule has 0 bridgehead atoms. The number of sulfonamides is 1. The number of anilines is 1. The van der Waals surface area contributed by atoms with Crippen molar-refractivity contribution in [2.24, 2.45) is 0 Å². The second kappa shape index (κ2) is 7.67. The van der Waals surface area contributed by atoms with E-state index in [9.17, 15) is 8.42 Å². The Bertz CT molecular complexity index is 934. The van der Waals surface area contributed by atoms with Gasteiger partial charge in [0.15, 0.2) is 0 Å². The molecule has 1 N–H and O–H groups in total. The van der Waals surface area contributed by atoms with Gasteiger partial charge in [0.05, 0.1) is 23.0 Å². The van der Waals surface area contributed by atoms with Crippen molar-refractivity contribution in [1.29, 1.82) is 0 Å². The van der Waals surface area contributed by atoms with Crippen LogP contribution in [0.2, 0.25) is 0 Å². The van der Waals surface area contributed by atoms with E-state index < -0.39 is 10.0 Å². The molecular weight excluding hydrogens is 350 g/mol. The summed E-state index contributed by atoms with van der Waals surface area (Å²) in [5.41, 5.74) is 2.98. The molecule has 1 aromatic heterocycles. The molecule has 0 amide bonds. The number of nitrogens with one attached hydrogen (secondary N) is 1. The molecule has 0 aliphatic carbocycles. The van der Waals surface area contributed by atoms with Crippen molar-refractivity contribution in [3.63, 3.8) is 0 Å². The summed E-state index contributed by atoms with van der Waals surface area (Å²) in [5.74, 6) is 0. The summed E-state index contributed by atoms with van der Waals surface area (Å²) in [4.78, 5) is 1.87.